The van der Waals surface area contributed by atoms with E-state index < -0.39 is 0 Å². The molecule has 1 heteroatoms. The maximum atomic E-state index is 11.3. The monoisotopic (exact) mass is 270 g/mol. The minimum atomic E-state index is 0.380. The Balaban J connectivity index is 1.67. The second-order valence-corrected chi connectivity index (χ2v) is 7.81. The van der Waals surface area contributed by atoms with Crippen molar-refractivity contribution in [2.45, 2.75) is 51.9 Å². The van der Waals surface area contributed by atoms with Crippen LogP contribution in [0, 0.1) is 35.0 Å². The molecule has 4 aliphatic rings. The van der Waals surface area contributed by atoms with Gasteiger partial charge in [-0.1, -0.05) is 25.2 Å². The quantitative estimate of drug-likeness (QED) is 0.639. The third-order valence-corrected chi connectivity index (χ3v) is 7.20. The van der Waals surface area contributed by atoms with Crippen LogP contribution in [0.1, 0.15) is 51.9 Å². The van der Waals surface area contributed by atoms with Gasteiger partial charge in [0, 0.05) is 5.92 Å². The largest absolute Gasteiger partial charge is 0.303 e. The average Bonchev–Trinajstić information content (AvgIpc) is 2.89. The van der Waals surface area contributed by atoms with E-state index in [2.05, 4.69) is 25.2 Å². The van der Waals surface area contributed by atoms with Crippen LogP contribution in [0.25, 0.3) is 0 Å². The van der Waals surface area contributed by atoms with Crippen molar-refractivity contribution in [1.82, 2.24) is 0 Å². The molecule has 4 rings (SSSR count). The lowest BCUT2D eigenvalue weighted by Crippen LogP contribution is -2.45. The molecule has 6 atom stereocenters. The molecule has 0 aromatic carbocycles. The normalized spacial score (nSPS) is 49.9. The van der Waals surface area contributed by atoms with Crippen LogP contribution in [-0.2, 0) is 4.79 Å². The fraction of sp³-hybridized carbons (Fsp3) is 0.737. The highest BCUT2D eigenvalue weighted by Gasteiger charge is 2.52. The number of carbonyl (C=O) groups is 1. The summed E-state index contributed by atoms with van der Waals surface area (Å²) in [6.45, 7) is 2.52. The summed E-state index contributed by atoms with van der Waals surface area (Å²) in [7, 11) is 0. The first-order valence-corrected chi connectivity index (χ1v) is 8.56. The summed E-state index contributed by atoms with van der Waals surface area (Å²) in [5.41, 5.74) is 2.05. The Bertz CT molecular complexity index is 474. The van der Waals surface area contributed by atoms with Crippen LogP contribution >= 0.6 is 0 Å². The van der Waals surface area contributed by atoms with Crippen LogP contribution in [-0.4, -0.2) is 6.29 Å². The number of fused-ring (bicyclic) bond motifs is 5. The molecule has 0 spiro atoms. The van der Waals surface area contributed by atoms with Crippen LogP contribution in [0.3, 0.4) is 0 Å². The van der Waals surface area contributed by atoms with Crippen molar-refractivity contribution in [3.8, 4) is 0 Å². The molecule has 0 aromatic rings. The van der Waals surface area contributed by atoms with Gasteiger partial charge in [0.2, 0.25) is 0 Å². The molecule has 20 heavy (non-hydrogen) atoms. The molecule has 2 fully saturated rings. The Morgan fingerprint density at radius 2 is 2.00 bits per heavy atom. The van der Waals surface area contributed by atoms with Gasteiger partial charge in [0.25, 0.3) is 0 Å². The zero-order valence-corrected chi connectivity index (χ0v) is 12.6. The number of allylic oxidation sites excluding steroid dienone is 4. The fourth-order valence-corrected chi connectivity index (χ4v) is 6.17. The first kappa shape index (κ1) is 12.9. The summed E-state index contributed by atoms with van der Waals surface area (Å²) >= 11 is 0. The van der Waals surface area contributed by atoms with Crippen LogP contribution < -0.4 is 0 Å². The third kappa shape index (κ3) is 1.64. The van der Waals surface area contributed by atoms with Crippen molar-refractivity contribution in [3.05, 3.63) is 23.8 Å². The van der Waals surface area contributed by atoms with Crippen molar-refractivity contribution in [2.24, 2.45) is 35.0 Å². The van der Waals surface area contributed by atoms with Gasteiger partial charge in [0.15, 0.2) is 0 Å². The van der Waals surface area contributed by atoms with E-state index in [-0.39, 0.29) is 0 Å². The molecule has 0 bridgehead atoms. The summed E-state index contributed by atoms with van der Waals surface area (Å²) in [5, 5.41) is 0. The van der Waals surface area contributed by atoms with Crippen molar-refractivity contribution < 1.29 is 4.79 Å². The second kappa shape index (κ2) is 4.58. The van der Waals surface area contributed by atoms with Crippen LogP contribution in [0.5, 0.6) is 0 Å². The number of aldehydes is 1. The molecule has 1 nitrogen and oxygen atoms in total. The molecule has 0 saturated heterocycles. The lowest BCUT2D eigenvalue weighted by molar-refractivity contribution is -0.113. The summed E-state index contributed by atoms with van der Waals surface area (Å²) in [5.74, 6) is 3.67. The predicted molar refractivity (Wildman–Crippen MR) is 81.2 cm³/mol. The minimum absolute atomic E-state index is 0.380. The van der Waals surface area contributed by atoms with Gasteiger partial charge in [-0.15, -0.1) is 0 Å². The van der Waals surface area contributed by atoms with Gasteiger partial charge in [0.1, 0.15) is 6.29 Å². The number of carbonyl (C=O) groups excluding carboxylic acids is 1. The topological polar surface area (TPSA) is 17.1 Å². The lowest BCUT2D eigenvalue weighted by Gasteiger charge is -2.53. The molecule has 0 aliphatic heterocycles. The van der Waals surface area contributed by atoms with E-state index in [4.69, 9.17) is 0 Å². The summed E-state index contributed by atoms with van der Waals surface area (Å²) in [6, 6.07) is 0. The van der Waals surface area contributed by atoms with Gasteiger partial charge in [0.05, 0.1) is 0 Å². The molecule has 2 saturated carbocycles. The zero-order chi connectivity index (χ0) is 13.7. The van der Waals surface area contributed by atoms with E-state index in [9.17, 15) is 4.79 Å². The Morgan fingerprint density at radius 3 is 2.85 bits per heavy atom. The van der Waals surface area contributed by atoms with E-state index in [1.54, 1.807) is 5.57 Å². The minimum Gasteiger partial charge on any atom is -0.303 e. The third-order valence-electron chi connectivity index (χ3n) is 7.20. The van der Waals surface area contributed by atoms with Crippen LogP contribution in [0.4, 0.5) is 0 Å². The first-order chi connectivity index (χ1) is 9.74. The number of rotatable bonds is 1. The first-order valence-electron chi connectivity index (χ1n) is 8.56. The fourth-order valence-electron chi connectivity index (χ4n) is 6.17. The Morgan fingerprint density at radius 1 is 1.15 bits per heavy atom. The molecule has 0 N–H and O–H groups in total. The van der Waals surface area contributed by atoms with Gasteiger partial charge >= 0.3 is 0 Å². The van der Waals surface area contributed by atoms with E-state index >= 15 is 0 Å². The average molecular weight is 270 g/mol. The van der Waals surface area contributed by atoms with Crippen molar-refractivity contribution in [2.75, 3.05) is 0 Å². The molecular formula is C19H26O. The molecule has 108 valence electrons. The van der Waals surface area contributed by atoms with Gasteiger partial charge < -0.3 is 4.79 Å². The van der Waals surface area contributed by atoms with Crippen LogP contribution in [0.2, 0.25) is 0 Å². The molecule has 0 aromatic heterocycles. The molecule has 0 unspecified atom stereocenters. The number of hydrogen-bond donors (Lipinski definition) is 0. The number of hydrogen-bond acceptors (Lipinski definition) is 1. The maximum absolute atomic E-state index is 11.3. The SMILES string of the molecule is C[C@]12CCC=CC1=CC[C@H]1[C@@H]3CC[C@H](C=O)[C@H]3CC[C@@H]12. The summed E-state index contributed by atoms with van der Waals surface area (Å²) in [6.07, 6.45) is 17.6. The second-order valence-electron chi connectivity index (χ2n) is 7.81. The molecule has 0 heterocycles. The Hall–Kier alpha value is -0.850. The predicted octanol–water partition coefficient (Wildman–Crippen LogP) is 4.54. The van der Waals surface area contributed by atoms with Gasteiger partial charge in [-0.25, -0.2) is 0 Å². The van der Waals surface area contributed by atoms with E-state index in [0.29, 0.717) is 17.3 Å². The maximum Gasteiger partial charge on any atom is 0.123 e. The van der Waals surface area contributed by atoms with Crippen molar-refractivity contribution in [1.29, 1.82) is 0 Å². The van der Waals surface area contributed by atoms with Gasteiger partial charge in [-0.2, -0.15) is 0 Å². The summed E-state index contributed by atoms with van der Waals surface area (Å²) in [4.78, 5) is 11.3. The zero-order valence-electron chi connectivity index (χ0n) is 12.6. The molecule has 0 radical (unpaired) electrons. The van der Waals surface area contributed by atoms with E-state index in [0.717, 1.165) is 24.2 Å². The van der Waals surface area contributed by atoms with Gasteiger partial charge in [-0.3, -0.25) is 0 Å². The van der Waals surface area contributed by atoms with Crippen molar-refractivity contribution >= 4 is 6.29 Å². The van der Waals surface area contributed by atoms with Crippen molar-refractivity contribution in [3.63, 3.8) is 0 Å². The highest BCUT2D eigenvalue weighted by molar-refractivity contribution is 5.55. The Labute approximate surface area is 122 Å². The van der Waals surface area contributed by atoms with Crippen LogP contribution in [0.15, 0.2) is 23.8 Å². The highest BCUT2D eigenvalue weighted by atomic mass is 16.1. The highest BCUT2D eigenvalue weighted by Crippen LogP contribution is 2.61. The lowest BCUT2D eigenvalue weighted by atomic mass is 9.51. The molecule has 0 amide bonds. The summed E-state index contributed by atoms with van der Waals surface area (Å²) < 4.78 is 0. The van der Waals surface area contributed by atoms with E-state index in [1.165, 1.54) is 44.8 Å². The van der Waals surface area contributed by atoms with E-state index in [1.807, 2.05) is 0 Å². The Kier molecular flexibility index (Phi) is 2.94. The van der Waals surface area contributed by atoms with Gasteiger partial charge in [-0.05, 0) is 79.6 Å². The molecular weight excluding hydrogens is 244 g/mol. The smallest absolute Gasteiger partial charge is 0.123 e. The molecule has 4 aliphatic carbocycles. The standard InChI is InChI=1S/C19H26O/c1-19-11-3-2-4-14(19)6-8-17-16-7-5-13(12-20)15(16)9-10-18(17)19/h2,4,6,12-13,15-18H,3,5,7-11H2,1H3/t13-,15-,16-,17+,18+,19+/m1/s1.